The summed E-state index contributed by atoms with van der Waals surface area (Å²) in [5, 5.41) is 19.5. The average molecular weight is 283 g/mol. The van der Waals surface area contributed by atoms with Gasteiger partial charge in [0.15, 0.2) is 0 Å². The summed E-state index contributed by atoms with van der Waals surface area (Å²) in [6, 6.07) is 0. The molecule has 1 saturated carbocycles. The third-order valence-electron chi connectivity index (χ3n) is 5.19. The van der Waals surface area contributed by atoms with Gasteiger partial charge in [-0.2, -0.15) is 0 Å². The van der Waals surface area contributed by atoms with Crippen molar-refractivity contribution in [3.05, 3.63) is 0 Å². The molecule has 5 nitrogen and oxygen atoms in total. The van der Waals surface area contributed by atoms with Gasteiger partial charge in [0.2, 0.25) is 5.91 Å². The maximum absolute atomic E-state index is 12.5. The molecule has 2 rings (SSSR count). The summed E-state index contributed by atoms with van der Waals surface area (Å²) >= 11 is 0. The van der Waals surface area contributed by atoms with Crippen LogP contribution in [0.3, 0.4) is 0 Å². The van der Waals surface area contributed by atoms with Crippen molar-refractivity contribution in [2.45, 2.75) is 45.6 Å². The van der Waals surface area contributed by atoms with Crippen LogP contribution >= 0.6 is 0 Å². The molecule has 1 heterocycles. The molecule has 2 fully saturated rings. The van der Waals surface area contributed by atoms with Gasteiger partial charge in [0.05, 0.1) is 24.9 Å². The average Bonchev–Trinajstić information content (AvgIpc) is 2.78. The first-order chi connectivity index (χ1) is 9.28. The lowest BCUT2D eigenvalue weighted by molar-refractivity contribution is -0.170. The first-order valence-corrected chi connectivity index (χ1v) is 7.52. The molecule has 0 spiro atoms. The van der Waals surface area contributed by atoms with Crippen molar-refractivity contribution < 1.29 is 19.8 Å². The number of aliphatic carboxylic acids is 1. The number of hydrogen-bond acceptors (Lipinski definition) is 3. The predicted molar refractivity (Wildman–Crippen MR) is 74.0 cm³/mol. The van der Waals surface area contributed by atoms with E-state index in [0.717, 1.165) is 6.42 Å². The van der Waals surface area contributed by atoms with Gasteiger partial charge in [-0.3, -0.25) is 9.59 Å². The van der Waals surface area contributed by atoms with Crippen LogP contribution in [0.1, 0.15) is 40.0 Å². The standard InChI is InChI=1S/C15H25NO4/c1-4-10-5-11(12(6-10)14(18)19)13(17)16-7-15(20,8-16)9(2)3/h9-12,20H,4-8H2,1-3H3,(H,18,19). The lowest BCUT2D eigenvalue weighted by atomic mass is 9.81. The van der Waals surface area contributed by atoms with Crippen LogP contribution in [-0.2, 0) is 9.59 Å². The number of aliphatic hydroxyl groups is 1. The van der Waals surface area contributed by atoms with Crippen LogP contribution in [0, 0.1) is 23.7 Å². The second-order valence-corrected chi connectivity index (χ2v) is 6.75. The first-order valence-electron chi connectivity index (χ1n) is 7.52. The molecular formula is C15H25NO4. The monoisotopic (exact) mass is 283 g/mol. The van der Waals surface area contributed by atoms with Gasteiger partial charge in [-0.1, -0.05) is 27.2 Å². The Morgan fingerprint density at radius 3 is 2.25 bits per heavy atom. The SMILES string of the molecule is CCC1CC(C(=O)O)C(C(=O)N2CC(O)(C(C)C)C2)C1. The Bertz CT molecular complexity index is 401. The number of carboxylic acids is 1. The van der Waals surface area contributed by atoms with E-state index in [2.05, 4.69) is 0 Å². The zero-order chi connectivity index (χ0) is 15.1. The van der Waals surface area contributed by atoms with Crippen molar-refractivity contribution in [1.82, 2.24) is 4.90 Å². The molecule has 2 N–H and O–H groups in total. The van der Waals surface area contributed by atoms with Crippen LogP contribution < -0.4 is 0 Å². The van der Waals surface area contributed by atoms with Crippen molar-refractivity contribution in [3.8, 4) is 0 Å². The third-order valence-corrected chi connectivity index (χ3v) is 5.19. The van der Waals surface area contributed by atoms with Gasteiger partial charge in [-0.15, -0.1) is 0 Å². The van der Waals surface area contributed by atoms with Gasteiger partial charge >= 0.3 is 5.97 Å². The van der Waals surface area contributed by atoms with Crippen LogP contribution in [0.2, 0.25) is 0 Å². The lowest BCUT2D eigenvalue weighted by Gasteiger charge is -2.50. The van der Waals surface area contributed by atoms with Gasteiger partial charge in [0, 0.05) is 0 Å². The second-order valence-electron chi connectivity index (χ2n) is 6.75. The molecule has 114 valence electrons. The van der Waals surface area contributed by atoms with E-state index in [4.69, 9.17) is 0 Å². The molecule has 1 aliphatic carbocycles. The highest BCUT2D eigenvalue weighted by molar-refractivity contribution is 5.86. The Morgan fingerprint density at radius 2 is 1.80 bits per heavy atom. The molecule has 3 unspecified atom stereocenters. The Kier molecular flexibility index (Phi) is 4.09. The van der Waals surface area contributed by atoms with Crippen LogP contribution in [-0.4, -0.2) is 45.7 Å². The largest absolute Gasteiger partial charge is 0.481 e. The molecule has 0 aromatic carbocycles. The molecule has 3 atom stereocenters. The molecule has 1 aliphatic heterocycles. The fourth-order valence-electron chi connectivity index (χ4n) is 3.39. The van der Waals surface area contributed by atoms with E-state index in [0.29, 0.717) is 31.8 Å². The van der Waals surface area contributed by atoms with Crippen LogP contribution in [0.4, 0.5) is 0 Å². The third kappa shape index (κ3) is 2.55. The summed E-state index contributed by atoms with van der Waals surface area (Å²) < 4.78 is 0. The quantitative estimate of drug-likeness (QED) is 0.816. The number of rotatable bonds is 4. The van der Waals surface area contributed by atoms with Crippen molar-refractivity contribution in [3.63, 3.8) is 0 Å². The van der Waals surface area contributed by atoms with Gasteiger partial charge in [0.25, 0.3) is 0 Å². The Morgan fingerprint density at radius 1 is 1.25 bits per heavy atom. The highest BCUT2D eigenvalue weighted by Gasteiger charge is 2.50. The van der Waals surface area contributed by atoms with E-state index < -0.39 is 23.4 Å². The topological polar surface area (TPSA) is 77.8 Å². The number of hydrogen-bond donors (Lipinski definition) is 2. The molecule has 1 saturated heterocycles. The van der Waals surface area contributed by atoms with Crippen LogP contribution in [0.5, 0.6) is 0 Å². The fourth-order valence-corrected chi connectivity index (χ4v) is 3.39. The van der Waals surface area contributed by atoms with E-state index in [1.165, 1.54) is 0 Å². The molecule has 0 aromatic rings. The van der Waals surface area contributed by atoms with E-state index in [1.807, 2.05) is 20.8 Å². The minimum atomic E-state index is -0.862. The Labute approximate surface area is 120 Å². The smallest absolute Gasteiger partial charge is 0.307 e. The van der Waals surface area contributed by atoms with E-state index >= 15 is 0 Å². The minimum Gasteiger partial charge on any atom is -0.481 e. The zero-order valence-electron chi connectivity index (χ0n) is 12.5. The molecule has 2 aliphatic rings. The molecule has 5 heteroatoms. The highest BCUT2D eigenvalue weighted by Crippen LogP contribution is 2.41. The number of nitrogens with zero attached hydrogens (tertiary/aromatic N) is 1. The molecular weight excluding hydrogens is 258 g/mol. The zero-order valence-corrected chi connectivity index (χ0v) is 12.5. The van der Waals surface area contributed by atoms with Gasteiger partial charge < -0.3 is 15.1 Å². The molecule has 0 aromatic heterocycles. The molecule has 20 heavy (non-hydrogen) atoms. The second kappa shape index (κ2) is 5.35. The summed E-state index contributed by atoms with van der Waals surface area (Å²) in [5.41, 5.74) is -0.795. The Hall–Kier alpha value is -1.10. The maximum atomic E-state index is 12.5. The summed E-state index contributed by atoms with van der Waals surface area (Å²) in [7, 11) is 0. The van der Waals surface area contributed by atoms with Gasteiger partial charge in [0.1, 0.15) is 5.60 Å². The lowest BCUT2D eigenvalue weighted by Crippen LogP contribution is -2.67. The van der Waals surface area contributed by atoms with Crippen LogP contribution in [0.15, 0.2) is 0 Å². The Balaban J connectivity index is 2.01. The predicted octanol–water partition coefficient (Wildman–Crippen LogP) is 1.35. The first kappa shape index (κ1) is 15.3. The summed E-state index contributed by atoms with van der Waals surface area (Å²) in [4.78, 5) is 25.4. The summed E-state index contributed by atoms with van der Waals surface area (Å²) in [6.45, 7) is 6.58. The van der Waals surface area contributed by atoms with Gasteiger partial charge in [-0.25, -0.2) is 0 Å². The van der Waals surface area contributed by atoms with E-state index in [9.17, 15) is 19.8 Å². The number of carbonyl (C=O) groups is 2. The number of β-amino-alcohol motifs (C(OH)–C–C–N with tert-alkyl or cyclic N) is 1. The number of carboxylic acid groups (broad SMARTS) is 1. The van der Waals surface area contributed by atoms with Crippen molar-refractivity contribution in [1.29, 1.82) is 0 Å². The van der Waals surface area contributed by atoms with Gasteiger partial charge in [-0.05, 0) is 24.7 Å². The van der Waals surface area contributed by atoms with Crippen molar-refractivity contribution in [2.24, 2.45) is 23.7 Å². The normalized spacial score (nSPS) is 32.2. The van der Waals surface area contributed by atoms with E-state index in [-0.39, 0.29) is 11.8 Å². The number of carbonyl (C=O) groups excluding carboxylic acids is 1. The minimum absolute atomic E-state index is 0.0846. The molecule has 0 radical (unpaired) electrons. The molecule has 1 amide bonds. The summed E-state index contributed by atoms with van der Waals surface area (Å²) in [5.74, 6) is -1.48. The van der Waals surface area contributed by atoms with Crippen molar-refractivity contribution in [2.75, 3.05) is 13.1 Å². The van der Waals surface area contributed by atoms with Crippen molar-refractivity contribution >= 4 is 11.9 Å². The van der Waals surface area contributed by atoms with E-state index in [1.54, 1.807) is 4.90 Å². The van der Waals surface area contributed by atoms with Crippen LogP contribution in [0.25, 0.3) is 0 Å². The number of amides is 1. The summed E-state index contributed by atoms with van der Waals surface area (Å²) in [6.07, 6.45) is 2.19. The highest BCUT2D eigenvalue weighted by atomic mass is 16.4. The molecule has 0 bridgehead atoms. The number of likely N-dealkylation sites (tertiary alicyclic amines) is 1. The maximum Gasteiger partial charge on any atom is 0.307 e. The fraction of sp³-hybridized carbons (Fsp3) is 0.867.